The number of nitrogens with two attached hydrogens (primary N) is 1. The molecule has 10 heteroatoms. The fourth-order valence-electron chi connectivity index (χ4n) is 7.70. The number of phosphoric acid groups is 1. The minimum absolute atomic E-state index is 0.0581. The number of unbranched alkanes of at least 4 members (excludes halogenated alkanes) is 36. The lowest BCUT2D eigenvalue weighted by Crippen LogP contribution is -2.29. The van der Waals surface area contributed by atoms with Crippen LogP contribution in [0.1, 0.15) is 271 Å². The molecule has 59 heavy (non-hydrogen) atoms. The van der Waals surface area contributed by atoms with Gasteiger partial charge in [-0.15, -0.1) is 0 Å². The van der Waals surface area contributed by atoms with Crippen LogP contribution < -0.4 is 5.73 Å². The van der Waals surface area contributed by atoms with Gasteiger partial charge in [-0.25, -0.2) is 4.57 Å². The summed E-state index contributed by atoms with van der Waals surface area (Å²) in [5, 5.41) is 0. The van der Waals surface area contributed by atoms with E-state index in [9.17, 15) is 19.0 Å². The summed E-state index contributed by atoms with van der Waals surface area (Å²) in [4.78, 5) is 34.9. The molecule has 0 bridgehead atoms. The van der Waals surface area contributed by atoms with Crippen molar-refractivity contribution in [3.8, 4) is 0 Å². The van der Waals surface area contributed by atoms with Crippen molar-refractivity contribution in [1.29, 1.82) is 0 Å². The summed E-state index contributed by atoms with van der Waals surface area (Å²) in [6, 6.07) is 0. The molecule has 0 amide bonds. The van der Waals surface area contributed by atoms with Crippen LogP contribution in [0, 0.1) is 0 Å². The highest BCUT2D eigenvalue weighted by Crippen LogP contribution is 2.43. The first-order valence-corrected chi connectivity index (χ1v) is 27.0. The Balaban J connectivity index is 3.84. The Morgan fingerprint density at radius 2 is 0.729 bits per heavy atom. The molecule has 2 unspecified atom stereocenters. The maximum Gasteiger partial charge on any atom is 0.472 e. The highest BCUT2D eigenvalue weighted by Gasteiger charge is 2.26. The van der Waals surface area contributed by atoms with E-state index in [1.807, 2.05) is 0 Å². The number of hydrogen-bond acceptors (Lipinski definition) is 8. The molecular formula is C49H98NO8P. The number of hydrogen-bond donors (Lipinski definition) is 2. The number of rotatable bonds is 49. The van der Waals surface area contributed by atoms with E-state index in [1.165, 1.54) is 205 Å². The Morgan fingerprint density at radius 3 is 1.03 bits per heavy atom. The van der Waals surface area contributed by atoms with Gasteiger partial charge in [0.2, 0.25) is 0 Å². The molecule has 0 aliphatic heterocycles. The summed E-state index contributed by atoms with van der Waals surface area (Å²) in [6.07, 6.45) is 48.8. The Morgan fingerprint density at radius 1 is 0.441 bits per heavy atom. The normalized spacial score (nSPS) is 13.1. The molecule has 0 saturated carbocycles. The van der Waals surface area contributed by atoms with E-state index in [-0.39, 0.29) is 38.6 Å². The van der Waals surface area contributed by atoms with Crippen LogP contribution in [0.2, 0.25) is 0 Å². The average molecular weight is 860 g/mol. The van der Waals surface area contributed by atoms with Gasteiger partial charge in [-0.1, -0.05) is 245 Å². The predicted octanol–water partition coefficient (Wildman–Crippen LogP) is 15.2. The zero-order chi connectivity index (χ0) is 43.2. The van der Waals surface area contributed by atoms with Crippen molar-refractivity contribution in [2.45, 2.75) is 277 Å². The number of ether oxygens (including phenoxy) is 2. The summed E-state index contributed by atoms with van der Waals surface area (Å²) >= 11 is 0. The lowest BCUT2D eigenvalue weighted by molar-refractivity contribution is -0.161. The van der Waals surface area contributed by atoms with Crippen molar-refractivity contribution in [2.24, 2.45) is 5.73 Å². The first-order valence-electron chi connectivity index (χ1n) is 25.5. The molecule has 9 nitrogen and oxygen atoms in total. The van der Waals surface area contributed by atoms with E-state index in [0.717, 1.165) is 32.1 Å². The van der Waals surface area contributed by atoms with Crippen LogP contribution in [-0.2, 0) is 32.7 Å². The standard InChI is InChI=1S/C49H98NO8P/c1-3-5-7-9-11-13-15-16-17-18-19-20-21-22-23-24-25-26-27-28-29-30-31-32-34-36-38-40-42-49(52)58-47(46-57-59(53,54)56-44-43-50)45-55-48(51)41-39-37-35-33-14-12-10-8-6-4-2/h47H,3-46,50H2,1-2H3,(H,53,54). The molecule has 0 radical (unpaired) electrons. The molecule has 0 saturated heterocycles. The van der Waals surface area contributed by atoms with Gasteiger partial charge in [0.05, 0.1) is 13.2 Å². The molecule has 0 aromatic carbocycles. The summed E-state index contributed by atoms with van der Waals surface area (Å²) in [7, 11) is -4.37. The number of esters is 2. The molecular weight excluding hydrogens is 762 g/mol. The maximum atomic E-state index is 12.6. The minimum Gasteiger partial charge on any atom is -0.462 e. The van der Waals surface area contributed by atoms with Gasteiger partial charge < -0.3 is 20.1 Å². The van der Waals surface area contributed by atoms with Gasteiger partial charge in [0.1, 0.15) is 6.61 Å². The lowest BCUT2D eigenvalue weighted by atomic mass is 10.0. The van der Waals surface area contributed by atoms with E-state index in [4.69, 9.17) is 24.3 Å². The molecule has 3 N–H and O–H groups in total. The number of carbonyl (C=O) groups excluding carboxylic acids is 2. The Bertz CT molecular complexity index is 938. The smallest absolute Gasteiger partial charge is 0.462 e. The van der Waals surface area contributed by atoms with Gasteiger partial charge in [0.25, 0.3) is 0 Å². The monoisotopic (exact) mass is 860 g/mol. The van der Waals surface area contributed by atoms with Crippen molar-refractivity contribution in [3.05, 3.63) is 0 Å². The molecule has 0 aromatic heterocycles. The molecule has 0 spiro atoms. The number of carbonyl (C=O) groups is 2. The van der Waals surface area contributed by atoms with Crippen molar-refractivity contribution in [3.63, 3.8) is 0 Å². The predicted molar refractivity (Wildman–Crippen MR) is 248 cm³/mol. The van der Waals surface area contributed by atoms with Crippen molar-refractivity contribution in [1.82, 2.24) is 0 Å². The second-order valence-electron chi connectivity index (χ2n) is 17.4. The second-order valence-corrected chi connectivity index (χ2v) is 18.9. The Labute approximate surface area is 365 Å². The first kappa shape index (κ1) is 58.0. The van der Waals surface area contributed by atoms with Crippen molar-refractivity contribution >= 4 is 19.8 Å². The molecule has 352 valence electrons. The van der Waals surface area contributed by atoms with Gasteiger partial charge in [-0.2, -0.15) is 0 Å². The fourth-order valence-corrected chi connectivity index (χ4v) is 8.46. The van der Waals surface area contributed by atoms with Gasteiger partial charge in [0.15, 0.2) is 6.10 Å². The molecule has 0 heterocycles. The van der Waals surface area contributed by atoms with Crippen LogP contribution in [0.25, 0.3) is 0 Å². The van der Waals surface area contributed by atoms with Crippen LogP contribution in [-0.4, -0.2) is 49.3 Å². The molecule has 0 aromatic rings. The molecule has 0 rings (SSSR count). The third-order valence-corrected chi connectivity index (χ3v) is 12.5. The Kier molecular flexibility index (Phi) is 45.7. The largest absolute Gasteiger partial charge is 0.472 e. The van der Waals surface area contributed by atoms with Crippen LogP contribution in [0.15, 0.2) is 0 Å². The van der Waals surface area contributed by atoms with E-state index in [0.29, 0.717) is 6.42 Å². The lowest BCUT2D eigenvalue weighted by Gasteiger charge is -2.19. The second kappa shape index (κ2) is 46.5. The van der Waals surface area contributed by atoms with Crippen LogP contribution in [0.4, 0.5) is 0 Å². The fraction of sp³-hybridized carbons (Fsp3) is 0.959. The van der Waals surface area contributed by atoms with Crippen LogP contribution in [0.3, 0.4) is 0 Å². The zero-order valence-electron chi connectivity index (χ0n) is 39.0. The molecule has 0 fully saturated rings. The minimum atomic E-state index is -4.37. The highest BCUT2D eigenvalue weighted by molar-refractivity contribution is 7.47. The highest BCUT2D eigenvalue weighted by atomic mass is 31.2. The SMILES string of the molecule is CCCCCCCCCCCCCCCCCCCCCCCCCCCCCCC(=O)OC(COC(=O)CCCCCCCCCCCC)COP(=O)(O)OCCN. The average Bonchev–Trinajstić information content (AvgIpc) is 3.22. The summed E-state index contributed by atoms with van der Waals surface area (Å²) in [6.45, 7) is 3.77. The van der Waals surface area contributed by atoms with Gasteiger partial charge in [-0.3, -0.25) is 18.6 Å². The molecule has 0 aliphatic rings. The van der Waals surface area contributed by atoms with Crippen molar-refractivity contribution in [2.75, 3.05) is 26.4 Å². The van der Waals surface area contributed by atoms with Gasteiger partial charge in [-0.05, 0) is 12.8 Å². The van der Waals surface area contributed by atoms with Crippen molar-refractivity contribution < 1.29 is 37.6 Å². The van der Waals surface area contributed by atoms with Crippen LogP contribution >= 0.6 is 7.82 Å². The topological polar surface area (TPSA) is 134 Å². The first-order chi connectivity index (χ1) is 28.8. The third kappa shape index (κ3) is 46.3. The zero-order valence-corrected chi connectivity index (χ0v) is 39.9. The quantitative estimate of drug-likeness (QED) is 0.0348. The number of phosphoric ester groups is 1. The van der Waals surface area contributed by atoms with E-state index < -0.39 is 26.5 Å². The summed E-state index contributed by atoms with van der Waals surface area (Å²) in [5.41, 5.74) is 5.35. The summed E-state index contributed by atoms with van der Waals surface area (Å²) in [5.74, 6) is -0.812. The molecule has 0 aliphatic carbocycles. The van der Waals surface area contributed by atoms with E-state index in [1.54, 1.807) is 0 Å². The van der Waals surface area contributed by atoms with Gasteiger partial charge >= 0.3 is 19.8 Å². The van der Waals surface area contributed by atoms with E-state index in [2.05, 4.69) is 13.8 Å². The third-order valence-electron chi connectivity index (χ3n) is 11.5. The van der Waals surface area contributed by atoms with E-state index >= 15 is 0 Å². The molecule has 2 atom stereocenters. The van der Waals surface area contributed by atoms with Gasteiger partial charge in [0, 0.05) is 19.4 Å². The maximum absolute atomic E-state index is 12.6. The van der Waals surface area contributed by atoms with Crippen LogP contribution in [0.5, 0.6) is 0 Å². The Hall–Kier alpha value is -0.990. The summed E-state index contributed by atoms with van der Waals surface area (Å²) < 4.78 is 32.8.